The predicted octanol–water partition coefficient (Wildman–Crippen LogP) is 4.38. The average Bonchev–Trinajstić information content (AvgIpc) is 3.02. The van der Waals surface area contributed by atoms with Gasteiger partial charge in [0.05, 0.1) is 21.1 Å². The molecule has 0 aliphatic carbocycles. The molecule has 0 fully saturated rings. The molecule has 2 heterocycles. The lowest BCUT2D eigenvalue weighted by Gasteiger charge is -2.11. The van der Waals surface area contributed by atoms with Crippen molar-refractivity contribution in [2.75, 3.05) is 0 Å². The molecule has 0 aliphatic rings. The number of hydrogen-bond acceptors (Lipinski definition) is 4. The SMILES string of the molecule is O=c1[nH]c(=O)n(C#C/C(Br)=C(\Br)c2cn(Cc3c(F)c(F)c(F)c(F)c3F)c(=O)[nH]c2=O)cc1Cc1c(F)c(F)c(F)c(F)c1F. The number of H-pyrrole nitrogens is 2. The van der Waals surface area contributed by atoms with E-state index in [2.05, 4.69) is 43.8 Å². The summed E-state index contributed by atoms with van der Waals surface area (Å²) >= 11 is 5.89. The maximum atomic E-state index is 14.2. The highest BCUT2D eigenvalue weighted by atomic mass is 79.9. The van der Waals surface area contributed by atoms with E-state index in [1.54, 1.807) is 9.97 Å². The Balaban J connectivity index is 1.74. The lowest BCUT2D eigenvalue weighted by atomic mass is 10.1. The summed E-state index contributed by atoms with van der Waals surface area (Å²) in [6.07, 6.45) is 0.113. The maximum Gasteiger partial charge on any atom is 0.340 e. The molecule has 0 spiro atoms. The van der Waals surface area contributed by atoms with Crippen molar-refractivity contribution in [3.8, 4) is 12.0 Å². The van der Waals surface area contributed by atoms with Crippen LogP contribution in [0, 0.1) is 70.1 Å². The Bertz CT molecular complexity index is 2240. The Kier molecular flexibility index (Phi) is 9.67. The van der Waals surface area contributed by atoms with Crippen molar-refractivity contribution in [1.82, 2.24) is 19.1 Å². The molecule has 20 heteroatoms. The van der Waals surface area contributed by atoms with Gasteiger partial charge in [0.2, 0.25) is 11.6 Å². The Hall–Kier alpha value is -4.64. The van der Waals surface area contributed by atoms with E-state index >= 15 is 0 Å². The molecule has 2 N–H and O–H groups in total. The zero-order chi connectivity index (χ0) is 34.4. The third-order valence-electron chi connectivity index (χ3n) is 6.04. The fourth-order valence-corrected chi connectivity index (χ4v) is 4.42. The van der Waals surface area contributed by atoms with Gasteiger partial charge in [-0.3, -0.25) is 24.1 Å². The minimum atomic E-state index is -2.44. The van der Waals surface area contributed by atoms with Gasteiger partial charge >= 0.3 is 11.4 Å². The summed E-state index contributed by atoms with van der Waals surface area (Å²) in [7, 11) is 0. The molecule has 0 radical (unpaired) electrons. The van der Waals surface area contributed by atoms with Gasteiger partial charge in [-0.05, 0) is 37.8 Å². The number of nitrogens with one attached hydrogen (secondary N) is 2. The fraction of sp³-hybridized carbons (Fsp3) is 0.0769. The van der Waals surface area contributed by atoms with E-state index in [0.29, 0.717) is 21.5 Å². The number of rotatable bonds is 5. The molecule has 4 aromatic rings. The number of aromatic amines is 2. The van der Waals surface area contributed by atoms with Crippen molar-refractivity contribution in [3.05, 3.63) is 139 Å². The summed E-state index contributed by atoms with van der Waals surface area (Å²) in [5.41, 5.74) is -8.93. The van der Waals surface area contributed by atoms with E-state index in [-0.39, 0.29) is 8.96 Å². The van der Waals surface area contributed by atoms with Gasteiger partial charge in [0.25, 0.3) is 11.1 Å². The summed E-state index contributed by atoms with van der Waals surface area (Å²) in [5.74, 6) is -20.6. The number of benzene rings is 2. The van der Waals surface area contributed by atoms with Gasteiger partial charge in [-0.2, -0.15) is 0 Å². The summed E-state index contributed by atoms with van der Waals surface area (Å²) in [6, 6.07) is 2.15. The van der Waals surface area contributed by atoms with Crippen molar-refractivity contribution in [3.63, 3.8) is 0 Å². The topological polar surface area (TPSA) is 110 Å². The first-order valence-corrected chi connectivity index (χ1v) is 13.3. The van der Waals surface area contributed by atoms with Gasteiger partial charge in [0.15, 0.2) is 46.5 Å². The van der Waals surface area contributed by atoms with Crippen LogP contribution >= 0.6 is 31.9 Å². The second kappa shape index (κ2) is 13.0. The molecule has 8 nitrogen and oxygen atoms in total. The molecule has 0 atom stereocenters. The van der Waals surface area contributed by atoms with Crippen molar-refractivity contribution < 1.29 is 43.9 Å². The van der Waals surface area contributed by atoms with Crippen molar-refractivity contribution in [1.29, 1.82) is 0 Å². The molecule has 46 heavy (non-hydrogen) atoms. The zero-order valence-corrected chi connectivity index (χ0v) is 24.8. The lowest BCUT2D eigenvalue weighted by Crippen LogP contribution is -2.32. The second-order valence-corrected chi connectivity index (χ2v) is 10.4. The third kappa shape index (κ3) is 6.24. The van der Waals surface area contributed by atoms with E-state index in [1.807, 2.05) is 0 Å². The largest absolute Gasteiger partial charge is 0.340 e. The molecular formula is C26H8Br2F10N4O4. The van der Waals surface area contributed by atoms with E-state index < -0.39 is 116 Å². The lowest BCUT2D eigenvalue weighted by molar-refractivity contribution is 0.367. The summed E-state index contributed by atoms with van der Waals surface area (Å²) in [4.78, 5) is 52.6. The molecule has 0 amide bonds. The van der Waals surface area contributed by atoms with Crippen LogP contribution in [0.5, 0.6) is 0 Å². The normalized spacial score (nSPS) is 11.7. The monoisotopic (exact) mass is 788 g/mol. The van der Waals surface area contributed by atoms with Gasteiger partial charge in [-0.1, -0.05) is 0 Å². The highest BCUT2D eigenvalue weighted by molar-refractivity contribution is 9.16. The summed E-state index contributed by atoms with van der Waals surface area (Å²) in [5, 5.41) is 0. The molecule has 0 aliphatic heterocycles. The van der Waals surface area contributed by atoms with Crippen molar-refractivity contribution in [2.45, 2.75) is 13.0 Å². The van der Waals surface area contributed by atoms with E-state index in [4.69, 9.17) is 0 Å². The first-order chi connectivity index (χ1) is 21.5. The van der Waals surface area contributed by atoms with Crippen LogP contribution in [-0.4, -0.2) is 19.1 Å². The van der Waals surface area contributed by atoms with Gasteiger partial charge < -0.3 is 0 Å². The fourth-order valence-electron chi connectivity index (χ4n) is 3.74. The quantitative estimate of drug-likeness (QED) is 0.136. The standard InChI is InChI=1S/C26H8Br2F10N4O4/c27-11(1-2-41-4-7(23(43)39-25(41)45)3-8-13(29)17(33)21(37)18(34)14(8)30)12(28)9-5-42(26(46)40-24(9)44)6-10-15(31)19(35)22(38)20(36)16(10)32/h4-5H,3,6H2,(H,39,43,45)(H,40,44,46)/b12-11+. The number of halogens is 12. The molecule has 2 aromatic heterocycles. The first kappa shape index (κ1) is 34.2. The molecule has 240 valence electrons. The Morgan fingerprint density at radius 1 is 0.630 bits per heavy atom. The maximum absolute atomic E-state index is 14.2. The highest BCUT2D eigenvalue weighted by Gasteiger charge is 2.27. The van der Waals surface area contributed by atoms with Crippen LogP contribution in [0.1, 0.15) is 22.3 Å². The highest BCUT2D eigenvalue weighted by Crippen LogP contribution is 2.27. The van der Waals surface area contributed by atoms with E-state index in [9.17, 15) is 63.1 Å². The minimum absolute atomic E-state index is 0.307. The van der Waals surface area contributed by atoms with E-state index in [1.165, 1.54) is 0 Å². The summed E-state index contributed by atoms with van der Waals surface area (Å²) < 4.78 is 138. The number of aromatic nitrogens is 4. The third-order valence-corrected chi connectivity index (χ3v) is 7.99. The smallest absolute Gasteiger partial charge is 0.295 e. The molecule has 2 aromatic carbocycles. The molecule has 0 saturated heterocycles. The predicted molar refractivity (Wildman–Crippen MR) is 145 cm³/mol. The van der Waals surface area contributed by atoms with Crippen LogP contribution in [0.15, 0.2) is 36.1 Å². The second-order valence-electron chi connectivity index (χ2n) is 8.85. The van der Waals surface area contributed by atoms with Gasteiger partial charge in [-0.15, -0.1) is 0 Å². The first-order valence-electron chi connectivity index (χ1n) is 11.7. The zero-order valence-electron chi connectivity index (χ0n) is 21.6. The Morgan fingerprint density at radius 3 is 1.61 bits per heavy atom. The van der Waals surface area contributed by atoms with Crippen LogP contribution in [0.4, 0.5) is 43.9 Å². The molecule has 0 saturated carbocycles. The average molecular weight is 790 g/mol. The van der Waals surface area contributed by atoms with Crippen LogP contribution in [0.2, 0.25) is 0 Å². The molecule has 0 unspecified atom stereocenters. The van der Waals surface area contributed by atoms with Gasteiger partial charge in [0.1, 0.15) is 0 Å². The Labute approximate surface area is 262 Å². The van der Waals surface area contributed by atoms with Crippen LogP contribution in [0.25, 0.3) is 4.48 Å². The number of nitrogens with zero attached hydrogens (tertiary/aromatic N) is 2. The molecule has 4 rings (SSSR count). The van der Waals surface area contributed by atoms with Crippen LogP contribution in [-0.2, 0) is 13.0 Å². The van der Waals surface area contributed by atoms with E-state index in [0.717, 1.165) is 0 Å². The van der Waals surface area contributed by atoms with Crippen LogP contribution < -0.4 is 22.5 Å². The molecular weight excluding hydrogens is 782 g/mol. The van der Waals surface area contributed by atoms with Gasteiger partial charge in [0, 0.05) is 41.5 Å². The Morgan fingerprint density at radius 2 is 1.09 bits per heavy atom. The molecule has 0 bridgehead atoms. The summed E-state index contributed by atoms with van der Waals surface area (Å²) in [6.45, 7) is -1.24. The number of hydrogen-bond donors (Lipinski definition) is 2. The minimum Gasteiger partial charge on any atom is -0.295 e. The van der Waals surface area contributed by atoms with Crippen LogP contribution in [0.3, 0.4) is 0 Å². The van der Waals surface area contributed by atoms with Crippen molar-refractivity contribution >= 4 is 36.3 Å². The number of allylic oxidation sites excluding steroid dienone is 1. The van der Waals surface area contributed by atoms with Gasteiger partial charge in [-0.25, -0.2) is 58.1 Å². The van der Waals surface area contributed by atoms with Crippen molar-refractivity contribution in [2.24, 2.45) is 0 Å².